The average molecular weight is 184 g/mol. The summed E-state index contributed by atoms with van der Waals surface area (Å²) < 4.78 is 11.3. The number of hydrogen-bond acceptors (Lipinski definition) is 2. The van der Waals surface area contributed by atoms with E-state index in [9.17, 15) is 4.21 Å². The van der Waals surface area contributed by atoms with Crippen LogP contribution in [-0.4, -0.2) is 10.1 Å². The molecule has 0 radical (unpaired) electrons. The van der Waals surface area contributed by atoms with Crippen molar-refractivity contribution in [2.24, 2.45) is 5.14 Å². The maximum Gasteiger partial charge on any atom is 0.0507 e. The van der Waals surface area contributed by atoms with Crippen LogP contribution in [0.4, 0.5) is 5.69 Å². The normalized spacial score (nSPS) is 15.5. The zero-order valence-electron chi connectivity index (χ0n) is 6.91. The molecule has 66 valence electrons. The molecule has 1 aromatic carbocycles. The molecule has 0 aliphatic rings. The van der Waals surface area contributed by atoms with Gasteiger partial charge in [0.25, 0.3) is 0 Å². The molecule has 12 heavy (non-hydrogen) atoms. The Balaban J connectivity index is 3.33. The summed E-state index contributed by atoms with van der Waals surface area (Å²) in [6.07, 6.45) is 0. The number of aryl methyl sites for hydroxylation is 1. The Morgan fingerprint density at radius 2 is 2.08 bits per heavy atom. The third-order valence-electron chi connectivity index (χ3n) is 1.64. The second kappa shape index (κ2) is 2.80. The molecule has 4 N–H and O–H groups in total. The van der Waals surface area contributed by atoms with Gasteiger partial charge in [-0.2, -0.15) is 0 Å². The van der Waals surface area contributed by atoms with Crippen LogP contribution >= 0.6 is 0 Å². The van der Waals surface area contributed by atoms with Crippen LogP contribution in [0.5, 0.6) is 0 Å². The first-order valence-corrected chi connectivity index (χ1v) is 5.21. The summed E-state index contributed by atoms with van der Waals surface area (Å²) in [5.74, 6) is 3.38. The first-order chi connectivity index (χ1) is 5.41. The SMILES string of the molecule is C=S(N)(=O)c1ccc(N)c(C)c1. The predicted octanol–water partition coefficient (Wildman–Crippen LogP) is 0.526. The highest BCUT2D eigenvalue weighted by Gasteiger charge is 2.02. The lowest BCUT2D eigenvalue weighted by Gasteiger charge is -2.05. The first-order valence-electron chi connectivity index (χ1n) is 3.42. The average Bonchev–Trinajstić information content (AvgIpc) is 1.92. The lowest BCUT2D eigenvalue weighted by Crippen LogP contribution is -2.12. The topological polar surface area (TPSA) is 69.1 Å². The van der Waals surface area contributed by atoms with E-state index in [1.165, 1.54) is 0 Å². The monoisotopic (exact) mass is 184 g/mol. The van der Waals surface area contributed by atoms with Gasteiger partial charge in [0, 0.05) is 10.6 Å². The van der Waals surface area contributed by atoms with Gasteiger partial charge in [0.1, 0.15) is 0 Å². The quantitative estimate of drug-likeness (QED) is 0.493. The maximum absolute atomic E-state index is 11.3. The van der Waals surface area contributed by atoms with E-state index in [0.717, 1.165) is 5.56 Å². The van der Waals surface area contributed by atoms with Gasteiger partial charge in [-0.25, -0.2) is 4.21 Å². The molecule has 0 fully saturated rings. The molecule has 0 aromatic heterocycles. The molecule has 1 aromatic rings. The van der Waals surface area contributed by atoms with Crippen molar-refractivity contribution in [2.75, 3.05) is 5.73 Å². The standard InChI is InChI=1S/C8H12N2OS/c1-6-5-7(12(2,10)11)3-4-8(6)9/h3-5H,2,9H2,1H3,(H2,10,11). The summed E-state index contributed by atoms with van der Waals surface area (Å²) in [7, 11) is -2.60. The predicted molar refractivity (Wildman–Crippen MR) is 53.3 cm³/mol. The molecule has 3 nitrogen and oxygen atoms in total. The van der Waals surface area contributed by atoms with E-state index in [0.29, 0.717) is 10.6 Å². The molecular weight excluding hydrogens is 172 g/mol. The highest BCUT2D eigenvalue weighted by molar-refractivity contribution is 7.98. The molecule has 4 heteroatoms. The Morgan fingerprint density at radius 1 is 1.50 bits per heavy atom. The minimum absolute atomic E-state index is 0.536. The van der Waals surface area contributed by atoms with E-state index in [1.807, 2.05) is 6.92 Å². The molecule has 0 aliphatic heterocycles. The molecule has 1 rings (SSSR count). The fraction of sp³-hybridized carbons (Fsp3) is 0.125. The summed E-state index contributed by atoms with van der Waals surface area (Å²) >= 11 is 0. The Morgan fingerprint density at radius 3 is 2.50 bits per heavy atom. The summed E-state index contributed by atoms with van der Waals surface area (Å²) in [6, 6.07) is 5.02. The number of nitrogens with two attached hydrogens (primary N) is 2. The van der Waals surface area contributed by atoms with Crippen LogP contribution in [0.2, 0.25) is 0 Å². The smallest absolute Gasteiger partial charge is 0.0507 e. The number of hydrogen-bond donors (Lipinski definition) is 2. The van der Waals surface area contributed by atoms with E-state index in [-0.39, 0.29) is 0 Å². The third-order valence-corrected chi connectivity index (χ3v) is 2.69. The van der Waals surface area contributed by atoms with Gasteiger partial charge in [-0.15, -0.1) is 0 Å². The molecule has 1 unspecified atom stereocenters. The molecule has 0 bridgehead atoms. The van der Waals surface area contributed by atoms with Gasteiger partial charge < -0.3 is 5.73 Å². The van der Waals surface area contributed by atoms with Crippen LogP contribution in [0.1, 0.15) is 5.56 Å². The van der Waals surface area contributed by atoms with Crippen molar-refractivity contribution in [3.8, 4) is 0 Å². The molecule has 0 spiro atoms. The largest absolute Gasteiger partial charge is 0.399 e. The Labute approximate surface area is 72.5 Å². The van der Waals surface area contributed by atoms with E-state index >= 15 is 0 Å². The van der Waals surface area contributed by atoms with Gasteiger partial charge in [-0.3, -0.25) is 5.14 Å². The van der Waals surface area contributed by atoms with Gasteiger partial charge in [-0.1, -0.05) is 0 Å². The van der Waals surface area contributed by atoms with Crippen molar-refractivity contribution in [3.05, 3.63) is 23.8 Å². The number of anilines is 1. The van der Waals surface area contributed by atoms with Gasteiger partial charge in [-0.05, 0) is 36.6 Å². The molecule has 0 amide bonds. The van der Waals surface area contributed by atoms with Crippen LogP contribution in [-0.2, 0) is 9.71 Å². The van der Waals surface area contributed by atoms with E-state index < -0.39 is 9.71 Å². The van der Waals surface area contributed by atoms with Crippen molar-refractivity contribution in [1.29, 1.82) is 0 Å². The second-order valence-electron chi connectivity index (χ2n) is 2.74. The Bertz CT molecular complexity index is 396. The van der Waals surface area contributed by atoms with Crippen LogP contribution < -0.4 is 10.9 Å². The Hall–Kier alpha value is -1.00. The highest BCUT2D eigenvalue weighted by atomic mass is 32.2. The van der Waals surface area contributed by atoms with Crippen molar-refractivity contribution in [3.63, 3.8) is 0 Å². The van der Waals surface area contributed by atoms with E-state index in [4.69, 9.17) is 10.9 Å². The summed E-state index contributed by atoms with van der Waals surface area (Å²) in [6.45, 7) is 1.84. The third kappa shape index (κ3) is 1.78. The van der Waals surface area contributed by atoms with E-state index in [1.54, 1.807) is 18.2 Å². The number of nitrogen functional groups attached to an aromatic ring is 1. The molecule has 0 saturated heterocycles. The summed E-state index contributed by atoms with van der Waals surface area (Å²) in [5.41, 5.74) is 7.12. The molecule has 0 saturated carbocycles. The van der Waals surface area contributed by atoms with E-state index in [2.05, 4.69) is 5.87 Å². The van der Waals surface area contributed by atoms with Crippen LogP contribution in [0.3, 0.4) is 0 Å². The molecule has 0 aliphatic carbocycles. The van der Waals surface area contributed by atoms with Crippen molar-refractivity contribution < 1.29 is 4.21 Å². The fourth-order valence-electron chi connectivity index (χ4n) is 0.863. The summed E-state index contributed by atoms with van der Waals surface area (Å²) in [5, 5.41) is 5.35. The van der Waals surface area contributed by atoms with Crippen molar-refractivity contribution in [2.45, 2.75) is 11.8 Å². The van der Waals surface area contributed by atoms with Gasteiger partial charge >= 0.3 is 0 Å². The zero-order chi connectivity index (χ0) is 9.35. The van der Waals surface area contributed by atoms with Crippen LogP contribution in [0.25, 0.3) is 0 Å². The lowest BCUT2D eigenvalue weighted by molar-refractivity contribution is 0.682. The van der Waals surface area contributed by atoms with Gasteiger partial charge in [0.15, 0.2) is 0 Å². The Kier molecular flexibility index (Phi) is 2.12. The molecule has 0 heterocycles. The van der Waals surface area contributed by atoms with Crippen molar-refractivity contribution >= 4 is 21.3 Å². The first kappa shape index (κ1) is 9.09. The second-order valence-corrected chi connectivity index (χ2v) is 4.67. The molecule has 1 atom stereocenters. The number of benzene rings is 1. The maximum atomic E-state index is 11.3. The van der Waals surface area contributed by atoms with Crippen LogP contribution in [0.15, 0.2) is 23.1 Å². The summed E-state index contributed by atoms with van der Waals surface area (Å²) in [4.78, 5) is 0.536. The number of rotatable bonds is 1. The van der Waals surface area contributed by atoms with Crippen LogP contribution in [0, 0.1) is 6.92 Å². The van der Waals surface area contributed by atoms with Crippen molar-refractivity contribution in [1.82, 2.24) is 0 Å². The van der Waals surface area contributed by atoms with Gasteiger partial charge in [0.2, 0.25) is 0 Å². The zero-order valence-corrected chi connectivity index (χ0v) is 7.73. The fourth-order valence-corrected chi connectivity index (χ4v) is 1.54. The molecular formula is C8H12N2OS. The minimum atomic E-state index is -2.60. The lowest BCUT2D eigenvalue weighted by atomic mass is 10.2. The minimum Gasteiger partial charge on any atom is -0.399 e. The van der Waals surface area contributed by atoms with Gasteiger partial charge in [0.05, 0.1) is 9.71 Å². The highest BCUT2D eigenvalue weighted by Crippen LogP contribution is 2.15.